The molecule has 8 heteroatoms. The van der Waals surface area contributed by atoms with Crippen LogP contribution in [0.2, 0.25) is 0 Å². The quantitative estimate of drug-likeness (QED) is 0.754. The monoisotopic (exact) mass is 357 g/mol. The highest BCUT2D eigenvalue weighted by Gasteiger charge is 2.29. The molecule has 1 unspecified atom stereocenters. The highest BCUT2D eigenvalue weighted by atomic mass is 19.1. The predicted octanol–water partition coefficient (Wildman–Crippen LogP) is 3.07. The van der Waals surface area contributed by atoms with E-state index in [2.05, 4.69) is 15.2 Å². The number of carbonyl (C=O) groups is 1. The number of nitrogens with zero attached hydrogens (tertiary/aromatic N) is 3. The Kier molecular flexibility index (Phi) is 4.02. The van der Waals surface area contributed by atoms with Gasteiger partial charge in [-0.1, -0.05) is 0 Å². The highest BCUT2D eigenvalue weighted by molar-refractivity contribution is 5.98. The van der Waals surface area contributed by atoms with E-state index in [9.17, 15) is 13.6 Å². The van der Waals surface area contributed by atoms with Crippen LogP contribution in [0.5, 0.6) is 0 Å². The standard InChI is InChI=1S/C18H17F2N5O/c19-11-4-5-14(20)12(8-11)15-3-1-2-6-25(15)18-13-7-10(16(21)26)9-22-17(13)23-24-18/h4-5,7-9,15H,1-3,6H2,(H2,21,26)(H,22,23,24). The third kappa shape index (κ3) is 2.77. The van der Waals surface area contributed by atoms with Crippen LogP contribution in [0.4, 0.5) is 14.6 Å². The topological polar surface area (TPSA) is 87.9 Å². The Morgan fingerprint density at radius 2 is 2.12 bits per heavy atom. The predicted molar refractivity (Wildman–Crippen MR) is 92.7 cm³/mol. The molecule has 26 heavy (non-hydrogen) atoms. The van der Waals surface area contributed by atoms with E-state index in [1.54, 1.807) is 6.07 Å². The molecule has 0 saturated carbocycles. The zero-order valence-electron chi connectivity index (χ0n) is 13.9. The Labute approximate surface area is 148 Å². The molecule has 1 aromatic carbocycles. The molecule has 0 spiro atoms. The Balaban J connectivity index is 1.82. The molecule has 0 radical (unpaired) electrons. The van der Waals surface area contributed by atoms with E-state index in [0.29, 0.717) is 35.4 Å². The number of carbonyl (C=O) groups excluding carboxylic acids is 1. The van der Waals surface area contributed by atoms with Crippen molar-refractivity contribution >= 4 is 22.8 Å². The number of benzene rings is 1. The van der Waals surface area contributed by atoms with Crippen molar-refractivity contribution in [1.29, 1.82) is 0 Å². The molecule has 0 aliphatic carbocycles. The SMILES string of the molecule is NC(=O)c1cnc2[nH]nc(N3CCCCC3c3cc(F)ccc3F)c2c1. The van der Waals surface area contributed by atoms with Crippen molar-refractivity contribution in [3.8, 4) is 0 Å². The fraction of sp³-hybridized carbons (Fsp3) is 0.278. The Morgan fingerprint density at radius 3 is 2.92 bits per heavy atom. The van der Waals surface area contributed by atoms with Crippen LogP contribution < -0.4 is 10.6 Å². The number of hydrogen-bond acceptors (Lipinski definition) is 4. The minimum atomic E-state index is -0.585. The first kappa shape index (κ1) is 16.4. The van der Waals surface area contributed by atoms with Crippen molar-refractivity contribution in [2.45, 2.75) is 25.3 Å². The average molecular weight is 357 g/mol. The smallest absolute Gasteiger partial charge is 0.250 e. The molecule has 134 valence electrons. The van der Waals surface area contributed by atoms with Gasteiger partial charge < -0.3 is 10.6 Å². The second kappa shape index (κ2) is 6.36. The fourth-order valence-electron chi connectivity index (χ4n) is 3.52. The maximum atomic E-state index is 14.4. The van der Waals surface area contributed by atoms with Crippen LogP contribution in [0.15, 0.2) is 30.5 Å². The molecule has 2 aromatic heterocycles. The van der Waals surface area contributed by atoms with Gasteiger partial charge in [0.25, 0.3) is 0 Å². The van der Waals surface area contributed by atoms with Crippen molar-refractivity contribution in [3.63, 3.8) is 0 Å². The summed E-state index contributed by atoms with van der Waals surface area (Å²) in [6.07, 6.45) is 3.87. The molecule has 1 saturated heterocycles. The molecule has 1 atom stereocenters. The van der Waals surface area contributed by atoms with Gasteiger partial charge >= 0.3 is 0 Å². The highest BCUT2D eigenvalue weighted by Crippen LogP contribution is 2.38. The van der Waals surface area contributed by atoms with E-state index in [0.717, 1.165) is 25.0 Å². The number of nitrogens with two attached hydrogens (primary N) is 1. The van der Waals surface area contributed by atoms with Crippen molar-refractivity contribution in [3.05, 3.63) is 53.2 Å². The van der Waals surface area contributed by atoms with Gasteiger partial charge in [0, 0.05) is 18.3 Å². The molecule has 1 aliphatic rings. The van der Waals surface area contributed by atoms with Gasteiger partial charge in [-0.15, -0.1) is 0 Å². The van der Waals surface area contributed by atoms with E-state index in [1.807, 2.05) is 4.90 Å². The number of piperidine rings is 1. The van der Waals surface area contributed by atoms with Crippen molar-refractivity contribution in [2.75, 3.05) is 11.4 Å². The van der Waals surface area contributed by atoms with E-state index in [-0.39, 0.29) is 11.6 Å². The minimum absolute atomic E-state index is 0.269. The number of anilines is 1. The van der Waals surface area contributed by atoms with E-state index in [4.69, 9.17) is 5.73 Å². The Bertz CT molecular complexity index is 987. The summed E-state index contributed by atoms with van der Waals surface area (Å²) in [5.74, 6) is -0.947. The molecule has 3 aromatic rings. The second-order valence-corrected chi connectivity index (χ2v) is 6.40. The maximum absolute atomic E-state index is 14.4. The number of nitrogens with one attached hydrogen (secondary N) is 1. The number of pyridine rings is 1. The first-order valence-electron chi connectivity index (χ1n) is 8.40. The summed E-state index contributed by atoms with van der Waals surface area (Å²) in [5.41, 5.74) is 6.43. The van der Waals surface area contributed by atoms with Gasteiger partial charge in [-0.05, 0) is 43.5 Å². The number of amides is 1. The number of fused-ring (bicyclic) bond motifs is 1. The van der Waals surface area contributed by atoms with E-state index >= 15 is 0 Å². The van der Waals surface area contributed by atoms with Crippen molar-refractivity contribution in [2.24, 2.45) is 5.73 Å². The minimum Gasteiger partial charge on any atom is -0.366 e. The van der Waals surface area contributed by atoms with Crippen LogP contribution in [0, 0.1) is 11.6 Å². The van der Waals surface area contributed by atoms with Gasteiger partial charge in [-0.3, -0.25) is 9.89 Å². The second-order valence-electron chi connectivity index (χ2n) is 6.40. The molecular formula is C18H17F2N5O. The summed E-state index contributed by atoms with van der Waals surface area (Å²) in [6, 6.07) is 4.77. The van der Waals surface area contributed by atoms with Crippen molar-refractivity contribution in [1.82, 2.24) is 15.2 Å². The van der Waals surface area contributed by atoms with Crippen LogP contribution in [-0.4, -0.2) is 27.6 Å². The molecule has 1 aliphatic heterocycles. The lowest BCUT2D eigenvalue weighted by Gasteiger charge is -2.36. The first-order valence-corrected chi connectivity index (χ1v) is 8.40. The van der Waals surface area contributed by atoms with Crippen LogP contribution in [0.3, 0.4) is 0 Å². The number of aromatic nitrogens is 3. The van der Waals surface area contributed by atoms with Gasteiger partial charge in [-0.25, -0.2) is 13.8 Å². The normalized spacial score (nSPS) is 17.6. The lowest BCUT2D eigenvalue weighted by Crippen LogP contribution is -2.34. The molecule has 3 heterocycles. The maximum Gasteiger partial charge on any atom is 0.250 e. The lowest BCUT2D eigenvalue weighted by atomic mass is 9.94. The largest absolute Gasteiger partial charge is 0.366 e. The Morgan fingerprint density at radius 1 is 1.27 bits per heavy atom. The van der Waals surface area contributed by atoms with Crippen LogP contribution in [0.25, 0.3) is 11.0 Å². The van der Waals surface area contributed by atoms with Crippen molar-refractivity contribution < 1.29 is 13.6 Å². The van der Waals surface area contributed by atoms with Gasteiger partial charge in [0.05, 0.1) is 17.0 Å². The number of halogens is 2. The molecular weight excluding hydrogens is 340 g/mol. The van der Waals surface area contributed by atoms with E-state index in [1.165, 1.54) is 12.3 Å². The number of primary amides is 1. The third-order valence-corrected chi connectivity index (χ3v) is 4.77. The zero-order valence-corrected chi connectivity index (χ0v) is 13.9. The fourth-order valence-corrected chi connectivity index (χ4v) is 3.52. The summed E-state index contributed by atoms with van der Waals surface area (Å²) in [4.78, 5) is 17.6. The Hall–Kier alpha value is -3.03. The summed E-state index contributed by atoms with van der Waals surface area (Å²) < 4.78 is 28.1. The lowest BCUT2D eigenvalue weighted by molar-refractivity contribution is 0.1000. The molecule has 1 amide bonds. The van der Waals surface area contributed by atoms with Gasteiger partial charge in [0.15, 0.2) is 11.5 Å². The van der Waals surface area contributed by atoms with Gasteiger partial charge in [0.2, 0.25) is 5.91 Å². The summed E-state index contributed by atoms with van der Waals surface area (Å²) in [5, 5.41) is 7.77. The number of rotatable bonds is 3. The summed E-state index contributed by atoms with van der Waals surface area (Å²) in [7, 11) is 0. The molecule has 6 nitrogen and oxygen atoms in total. The number of aromatic amines is 1. The molecule has 3 N–H and O–H groups in total. The van der Waals surface area contributed by atoms with Crippen LogP contribution >= 0.6 is 0 Å². The van der Waals surface area contributed by atoms with Crippen LogP contribution in [0.1, 0.15) is 41.2 Å². The molecule has 1 fully saturated rings. The van der Waals surface area contributed by atoms with Crippen LogP contribution in [-0.2, 0) is 0 Å². The third-order valence-electron chi connectivity index (χ3n) is 4.77. The summed E-state index contributed by atoms with van der Waals surface area (Å²) in [6.45, 7) is 0.640. The van der Waals surface area contributed by atoms with Gasteiger partial charge in [-0.2, -0.15) is 5.10 Å². The van der Waals surface area contributed by atoms with Gasteiger partial charge in [0.1, 0.15) is 11.6 Å². The molecule has 4 rings (SSSR count). The number of H-pyrrole nitrogens is 1. The average Bonchev–Trinajstić information content (AvgIpc) is 3.06. The van der Waals surface area contributed by atoms with E-state index < -0.39 is 17.5 Å². The summed E-state index contributed by atoms with van der Waals surface area (Å²) >= 11 is 0. The zero-order chi connectivity index (χ0) is 18.3. The molecule has 0 bridgehead atoms. The number of hydrogen-bond donors (Lipinski definition) is 2. The first-order chi connectivity index (χ1) is 12.5.